The highest BCUT2D eigenvalue weighted by atomic mass is 32.2. The third kappa shape index (κ3) is 6.04. The molecule has 1 saturated heterocycles. The molecule has 4 N–H and O–H groups in total. The number of carboxylic acids is 1. The number of fused-ring (bicyclic) bond motifs is 1. The Morgan fingerprint density at radius 1 is 1.35 bits per heavy atom. The number of methoxy groups -OCH3 is 1. The van der Waals surface area contributed by atoms with Crippen LogP contribution in [0.25, 0.3) is 0 Å². The second kappa shape index (κ2) is 11.6. The lowest BCUT2D eigenvalue weighted by molar-refractivity contribution is -0.672. The number of thiophene rings is 1. The highest BCUT2D eigenvalue weighted by Crippen LogP contribution is 2.47. The number of ether oxygens (including phenoxy) is 1. The fourth-order valence-electron chi connectivity index (χ4n) is 4.14. The van der Waals surface area contributed by atoms with Crippen molar-refractivity contribution in [3.63, 3.8) is 0 Å². The van der Waals surface area contributed by atoms with E-state index in [0.29, 0.717) is 20.3 Å². The minimum absolute atomic E-state index is 0.182. The topological polar surface area (TPSA) is 177 Å². The molecule has 13 nitrogen and oxygen atoms in total. The summed E-state index contributed by atoms with van der Waals surface area (Å²) in [6, 6.07) is 4.86. The van der Waals surface area contributed by atoms with Crippen LogP contribution in [0.2, 0.25) is 0 Å². The van der Waals surface area contributed by atoms with Gasteiger partial charge in [0, 0.05) is 40.2 Å². The van der Waals surface area contributed by atoms with Gasteiger partial charge < -0.3 is 31.0 Å². The number of carbonyl (C=O) groups is 4. The Hall–Kier alpha value is -3.34. The number of aliphatic carboxylic acids is 1. The van der Waals surface area contributed by atoms with Crippen LogP contribution >= 0.6 is 34.9 Å². The molecule has 0 aliphatic carbocycles. The first-order valence-corrected chi connectivity index (χ1v) is 14.9. The van der Waals surface area contributed by atoms with E-state index in [2.05, 4.69) is 21.0 Å². The Morgan fingerprint density at radius 2 is 2.10 bits per heavy atom. The number of β-lactam (4-membered cyclic amide) rings is 1. The zero-order valence-corrected chi connectivity index (χ0v) is 24.4. The van der Waals surface area contributed by atoms with Gasteiger partial charge in [-0.05, 0) is 43.9 Å². The molecule has 214 valence electrons. The Bertz CT molecular complexity index is 1350. The first kappa shape index (κ1) is 29.6. The van der Waals surface area contributed by atoms with Gasteiger partial charge in [0.25, 0.3) is 17.5 Å². The molecule has 2 aliphatic heterocycles. The van der Waals surface area contributed by atoms with E-state index in [4.69, 9.17) is 4.74 Å². The van der Waals surface area contributed by atoms with Gasteiger partial charge in [-0.25, -0.2) is 9.59 Å². The SMILES string of the molecule is CO[C@@]1(NC(=O)C(NC(=O)NC(C)(C)C)c2cccs2)C(=O)N2C(C(=O)O)=C(CSc3ccc[n+]([O-])n3)CSC21. The smallest absolute Gasteiger partial charge is 0.352 e. The van der Waals surface area contributed by atoms with Crippen LogP contribution in [0.5, 0.6) is 0 Å². The van der Waals surface area contributed by atoms with Crippen molar-refractivity contribution in [3.8, 4) is 0 Å². The van der Waals surface area contributed by atoms with Crippen LogP contribution in [-0.4, -0.2) is 74.2 Å². The van der Waals surface area contributed by atoms with Crippen LogP contribution in [0, 0.1) is 5.21 Å². The normalized spacial score (nSPS) is 21.2. The van der Waals surface area contributed by atoms with Crippen molar-refractivity contribution >= 4 is 58.7 Å². The maximum absolute atomic E-state index is 13.5. The number of nitrogens with one attached hydrogen (secondary N) is 3. The molecule has 1 fully saturated rings. The second-order valence-corrected chi connectivity index (χ2v) is 12.9. The first-order valence-electron chi connectivity index (χ1n) is 12.0. The molecule has 16 heteroatoms. The third-order valence-electron chi connectivity index (χ3n) is 5.84. The molecule has 4 rings (SSSR count). The van der Waals surface area contributed by atoms with Gasteiger partial charge in [0.05, 0.1) is 0 Å². The number of nitrogens with zero attached hydrogens (tertiary/aromatic N) is 3. The number of hydrogen-bond donors (Lipinski definition) is 4. The van der Waals surface area contributed by atoms with Crippen molar-refractivity contribution in [1.29, 1.82) is 0 Å². The van der Waals surface area contributed by atoms with Crippen molar-refractivity contribution in [2.24, 2.45) is 0 Å². The van der Waals surface area contributed by atoms with E-state index in [1.807, 2.05) is 0 Å². The fraction of sp³-hybridized carbons (Fsp3) is 0.417. The average Bonchev–Trinajstić information content (AvgIpc) is 3.42. The molecule has 0 saturated carbocycles. The zero-order chi connectivity index (χ0) is 29.2. The van der Waals surface area contributed by atoms with Crippen LogP contribution in [0.15, 0.2) is 52.1 Å². The fourth-order valence-corrected chi connectivity index (χ4v) is 7.35. The first-order chi connectivity index (χ1) is 18.9. The van der Waals surface area contributed by atoms with Crippen LogP contribution in [-0.2, 0) is 19.1 Å². The molecule has 2 aliphatic rings. The Kier molecular flexibility index (Phi) is 8.63. The van der Waals surface area contributed by atoms with E-state index in [1.165, 1.54) is 54.2 Å². The summed E-state index contributed by atoms with van der Waals surface area (Å²) in [4.78, 5) is 53.9. The van der Waals surface area contributed by atoms with Gasteiger partial charge >= 0.3 is 12.0 Å². The van der Waals surface area contributed by atoms with E-state index in [9.17, 15) is 29.5 Å². The number of carbonyl (C=O) groups excluding carboxylic acids is 3. The van der Waals surface area contributed by atoms with Crippen LogP contribution in [0.4, 0.5) is 4.79 Å². The van der Waals surface area contributed by atoms with Crippen LogP contribution in [0.3, 0.4) is 0 Å². The lowest BCUT2D eigenvalue weighted by Gasteiger charge is -2.56. The van der Waals surface area contributed by atoms with Crippen LogP contribution in [0.1, 0.15) is 31.7 Å². The van der Waals surface area contributed by atoms with Gasteiger partial charge in [0.1, 0.15) is 17.1 Å². The molecule has 2 aromatic heterocycles. The van der Waals surface area contributed by atoms with Gasteiger partial charge in [-0.15, -0.1) is 23.1 Å². The number of urea groups is 1. The molecule has 2 aromatic rings. The van der Waals surface area contributed by atoms with E-state index in [1.54, 1.807) is 44.4 Å². The van der Waals surface area contributed by atoms with Gasteiger partial charge in [0.2, 0.25) is 6.20 Å². The van der Waals surface area contributed by atoms with Gasteiger partial charge in [-0.3, -0.25) is 14.5 Å². The monoisotopic (exact) mass is 608 g/mol. The molecule has 2 unspecified atom stereocenters. The number of rotatable bonds is 9. The van der Waals surface area contributed by atoms with Crippen molar-refractivity contribution in [2.45, 2.75) is 48.5 Å². The summed E-state index contributed by atoms with van der Waals surface area (Å²) in [5.41, 5.74) is -2.14. The van der Waals surface area contributed by atoms with Gasteiger partial charge in [-0.2, -0.15) is 0 Å². The van der Waals surface area contributed by atoms with Crippen molar-refractivity contribution in [3.05, 3.63) is 57.2 Å². The molecular formula is C24H28N6O7S3. The maximum atomic E-state index is 13.5. The number of carboxylic acid groups (broad SMARTS) is 1. The number of aromatic nitrogens is 2. The van der Waals surface area contributed by atoms with E-state index in [-0.39, 0.29) is 17.2 Å². The lowest BCUT2D eigenvalue weighted by atomic mass is 9.97. The molecule has 3 atom stereocenters. The zero-order valence-electron chi connectivity index (χ0n) is 22.0. The number of amides is 4. The molecule has 0 bridgehead atoms. The summed E-state index contributed by atoms with van der Waals surface area (Å²) in [5, 5.41) is 34.6. The second-order valence-electron chi connectivity index (χ2n) is 9.86. The number of thioether (sulfide) groups is 2. The Morgan fingerprint density at radius 3 is 2.70 bits per heavy atom. The lowest BCUT2D eigenvalue weighted by Crippen LogP contribution is -2.81. The van der Waals surface area contributed by atoms with E-state index >= 15 is 0 Å². The van der Waals surface area contributed by atoms with E-state index < -0.39 is 46.5 Å². The average molecular weight is 609 g/mol. The largest absolute Gasteiger partial charge is 0.594 e. The Labute approximate surface area is 242 Å². The summed E-state index contributed by atoms with van der Waals surface area (Å²) in [6.45, 7) is 5.39. The quantitative estimate of drug-likeness (QED) is 0.107. The predicted molar refractivity (Wildman–Crippen MR) is 148 cm³/mol. The minimum atomic E-state index is -1.84. The summed E-state index contributed by atoms with van der Waals surface area (Å²) in [5.74, 6) is -2.33. The summed E-state index contributed by atoms with van der Waals surface area (Å²) >= 11 is 3.66. The highest BCUT2D eigenvalue weighted by Gasteiger charge is 2.67. The van der Waals surface area contributed by atoms with E-state index in [0.717, 1.165) is 4.90 Å². The maximum Gasteiger partial charge on any atom is 0.352 e. The molecule has 0 aromatic carbocycles. The van der Waals surface area contributed by atoms with Crippen LogP contribution < -0.4 is 20.8 Å². The summed E-state index contributed by atoms with van der Waals surface area (Å²) < 4.78 is 5.55. The molecule has 0 spiro atoms. The molecule has 4 amide bonds. The minimum Gasteiger partial charge on any atom is -0.594 e. The Balaban J connectivity index is 1.55. The van der Waals surface area contributed by atoms with Crippen molar-refractivity contribution in [2.75, 3.05) is 18.6 Å². The summed E-state index contributed by atoms with van der Waals surface area (Å²) in [7, 11) is 1.25. The van der Waals surface area contributed by atoms with Gasteiger partial charge in [0.15, 0.2) is 5.03 Å². The predicted octanol–water partition coefficient (Wildman–Crippen LogP) is 1.42. The molecular weight excluding hydrogens is 581 g/mol. The standard InChI is InChI=1S/C24H28N6O7S3/c1-23(2,3)27-22(35)25-16(14-7-6-10-38-14)18(31)26-24(37-4)20(34)30-17(19(32)33)13(12-40-21(24)30)11-39-15-8-5-9-29(36)28-15/h5-10,16,21H,11-12H2,1-4H3,(H,26,31)(H,32,33)(H2,25,27,35)/t16?,21?,24-/m0/s1. The van der Waals surface area contributed by atoms with Crippen molar-refractivity contribution < 1.29 is 33.9 Å². The molecule has 40 heavy (non-hydrogen) atoms. The van der Waals surface area contributed by atoms with Crippen molar-refractivity contribution in [1.82, 2.24) is 25.9 Å². The van der Waals surface area contributed by atoms with Gasteiger partial charge in [-0.1, -0.05) is 22.7 Å². The third-order valence-corrected chi connectivity index (χ3v) is 9.16. The number of hydrogen-bond acceptors (Lipinski definition) is 10. The highest BCUT2D eigenvalue weighted by molar-refractivity contribution is 8.01. The molecule has 4 heterocycles. The summed E-state index contributed by atoms with van der Waals surface area (Å²) in [6.07, 6.45) is 1.24. The molecule has 0 radical (unpaired) electrons.